The van der Waals surface area contributed by atoms with Crippen LogP contribution in [0, 0.1) is 0 Å². The maximum Gasteiger partial charge on any atom is 0.255 e. The normalized spacial score (nSPS) is 16.0. The molecular weight excluding hydrogens is 516 g/mol. The highest BCUT2D eigenvalue weighted by atomic mass is 79.9. The highest BCUT2D eigenvalue weighted by Crippen LogP contribution is 2.50. The summed E-state index contributed by atoms with van der Waals surface area (Å²) in [6, 6.07) is 19.8. The van der Waals surface area contributed by atoms with E-state index >= 15 is 0 Å². The number of nitrogens with one attached hydrogen (secondary N) is 1. The van der Waals surface area contributed by atoms with E-state index in [-0.39, 0.29) is 11.8 Å². The number of nitrogens with zero attached hydrogens (tertiary/aromatic N) is 3. The van der Waals surface area contributed by atoms with E-state index in [0.29, 0.717) is 18.7 Å². The van der Waals surface area contributed by atoms with Gasteiger partial charge in [-0.25, -0.2) is 0 Å². The fourth-order valence-corrected chi connectivity index (χ4v) is 5.58. The van der Waals surface area contributed by atoms with Gasteiger partial charge in [-0.1, -0.05) is 34.1 Å². The van der Waals surface area contributed by atoms with Crippen molar-refractivity contribution >= 4 is 44.3 Å². The minimum Gasteiger partial charge on any atom is -0.337 e. The second kappa shape index (κ2) is 8.89. The number of aromatic nitrogens is 2. The van der Waals surface area contributed by atoms with Crippen molar-refractivity contribution in [3.8, 4) is 0 Å². The van der Waals surface area contributed by atoms with Crippen molar-refractivity contribution in [3.63, 3.8) is 0 Å². The Bertz CT molecular complexity index is 1490. The van der Waals surface area contributed by atoms with Crippen LogP contribution in [0.2, 0.25) is 0 Å². The Kier molecular flexibility index (Phi) is 5.67. The molecule has 7 heteroatoms. The van der Waals surface area contributed by atoms with Gasteiger partial charge in [-0.3, -0.25) is 14.3 Å². The van der Waals surface area contributed by atoms with Crippen LogP contribution in [0.5, 0.6) is 0 Å². The van der Waals surface area contributed by atoms with E-state index in [1.165, 1.54) is 5.56 Å². The molecule has 1 N–H and O–H groups in total. The molecule has 0 saturated heterocycles. The molecule has 3 aromatic carbocycles. The molecule has 0 spiro atoms. The highest BCUT2D eigenvalue weighted by Gasteiger charge is 2.53. The average molecular weight is 543 g/mol. The second-order valence-electron chi connectivity index (χ2n) is 9.74. The Morgan fingerprint density at radius 1 is 1.03 bits per heavy atom. The van der Waals surface area contributed by atoms with Crippen LogP contribution in [0.15, 0.2) is 71.3 Å². The van der Waals surface area contributed by atoms with Gasteiger partial charge in [0.05, 0.1) is 17.1 Å². The molecule has 0 atom stereocenters. The third kappa shape index (κ3) is 4.01. The molecule has 1 aliphatic heterocycles. The van der Waals surface area contributed by atoms with Crippen LogP contribution in [-0.4, -0.2) is 33.0 Å². The van der Waals surface area contributed by atoms with Gasteiger partial charge in [0.1, 0.15) is 0 Å². The zero-order valence-corrected chi connectivity index (χ0v) is 21.7. The summed E-state index contributed by atoms with van der Waals surface area (Å²) in [6.45, 7) is 4.10. The van der Waals surface area contributed by atoms with E-state index in [0.717, 1.165) is 58.0 Å². The van der Waals surface area contributed by atoms with Crippen molar-refractivity contribution in [1.82, 2.24) is 14.7 Å². The van der Waals surface area contributed by atoms with Crippen LogP contribution in [0.25, 0.3) is 10.9 Å². The van der Waals surface area contributed by atoms with Gasteiger partial charge < -0.3 is 10.2 Å². The lowest BCUT2D eigenvalue weighted by atomic mass is 9.91. The van der Waals surface area contributed by atoms with Crippen molar-refractivity contribution in [2.45, 2.75) is 44.7 Å². The van der Waals surface area contributed by atoms with E-state index in [1.54, 1.807) is 0 Å². The number of rotatable bonds is 5. The zero-order valence-electron chi connectivity index (χ0n) is 20.1. The highest BCUT2D eigenvalue weighted by molar-refractivity contribution is 9.10. The maximum absolute atomic E-state index is 13.6. The summed E-state index contributed by atoms with van der Waals surface area (Å²) in [6.07, 6.45) is 4.40. The number of anilines is 1. The van der Waals surface area contributed by atoms with Gasteiger partial charge in [-0.15, -0.1) is 0 Å². The second-order valence-corrected chi connectivity index (χ2v) is 10.7. The average Bonchev–Trinajstić information content (AvgIpc) is 3.61. The minimum absolute atomic E-state index is 0.156. The number of carbonyl (C=O) groups excluding carboxylic acids is 2. The Labute approximate surface area is 218 Å². The number of amides is 2. The molecule has 6 nitrogen and oxygen atoms in total. The van der Waals surface area contributed by atoms with Crippen LogP contribution in [-0.2, 0) is 29.7 Å². The molecule has 36 heavy (non-hydrogen) atoms. The van der Waals surface area contributed by atoms with E-state index < -0.39 is 5.41 Å². The summed E-state index contributed by atoms with van der Waals surface area (Å²) in [5.41, 5.74) is 5.34. The SMILES string of the molecule is CCn1ncc2cc(NC(=O)c3ccc4c(c3)CN(C(=O)C3(c5ccc(Br)cc5)CC3)CC4)ccc21. The third-order valence-corrected chi connectivity index (χ3v) is 8.05. The van der Waals surface area contributed by atoms with Crippen molar-refractivity contribution < 1.29 is 9.59 Å². The monoisotopic (exact) mass is 542 g/mol. The molecule has 1 saturated carbocycles. The molecule has 0 radical (unpaired) electrons. The topological polar surface area (TPSA) is 67.2 Å². The lowest BCUT2D eigenvalue weighted by Crippen LogP contribution is -2.42. The molecule has 1 aliphatic carbocycles. The lowest BCUT2D eigenvalue weighted by Gasteiger charge is -2.32. The van der Waals surface area contributed by atoms with E-state index in [1.807, 2.05) is 64.3 Å². The number of fused-ring (bicyclic) bond motifs is 2. The van der Waals surface area contributed by atoms with Crippen molar-refractivity contribution in [2.75, 3.05) is 11.9 Å². The molecule has 2 aliphatic rings. The molecule has 0 unspecified atom stereocenters. The number of carbonyl (C=O) groups is 2. The van der Waals surface area contributed by atoms with E-state index in [2.05, 4.69) is 45.4 Å². The molecule has 4 aromatic rings. The molecule has 2 heterocycles. The van der Waals surface area contributed by atoms with Gasteiger partial charge in [-0.05, 0) is 85.3 Å². The van der Waals surface area contributed by atoms with Crippen molar-refractivity contribution in [2.24, 2.45) is 0 Å². The quantitative estimate of drug-likeness (QED) is 0.352. The van der Waals surface area contributed by atoms with Crippen LogP contribution in [0.4, 0.5) is 5.69 Å². The summed E-state index contributed by atoms with van der Waals surface area (Å²) >= 11 is 3.49. The zero-order chi connectivity index (χ0) is 24.9. The molecular formula is C29H27BrN4O2. The van der Waals surface area contributed by atoms with Crippen LogP contribution in [0.1, 0.15) is 46.8 Å². The number of hydrogen-bond donors (Lipinski definition) is 1. The first-order valence-corrected chi connectivity index (χ1v) is 13.2. The molecule has 1 aromatic heterocycles. The summed E-state index contributed by atoms with van der Waals surface area (Å²) < 4.78 is 2.95. The Balaban J connectivity index is 1.19. The van der Waals surface area contributed by atoms with Gasteiger partial charge in [0, 0.05) is 40.7 Å². The Morgan fingerprint density at radius 2 is 1.83 bits per heavy atom. The van der Waals surface area contributed by atoms with E-state index in [9.17, 15) is 9.59 Å². The number of halogens is 1. The van der Waals surface area contributed by atoms with Gasteiger partial charge in [0.15, 0.2) is 0 Å². The smallest absolute Gasteiger partial charge is 0.255 e. The minimum atomic E-state index is -0.391. The first kappa shape index (κ1) is 23.0. The molecule has 1 fully saturated rings. The van der Waals surface area contributed by atoms with Crippen LogP contribution < -0.4 is 5.32 Å². The molecule has 2 amide bonds. The lowest BCUT2D eigenvalue weighted by molar-refractivity contribution is -0.134. The van der Waals surface area contributed by atoms with Crippen LogP contribution in [0.3, 0.4) is 0 Å². The number of hydrogen-bond acceptors (Lipinski definition) is 3. The first-order valence-electron chi connectivity index (χ1n) is 12.4. The van der Waals surface area contributed by atoms with E-state index in [4.69, 9.17) is 0 Å². The summed E-state index contributed by atoms with van der Waals surface area (Å²) in [4.78, 5) is 28.6. The molecule has 182 valence electrons. The maximum atomic E-state index is 13.6. The largest absolute Gasteiger partial charge is 0.337 e. The third-order valence-electron chi connectivity index (χ3n) is 7.52. The Hall–Kier alpha value is -3.45. The van der Waals surface area contributed by atoms with Crippen LogP contribution >= 0.6 is 15.9 Å². The Morgan fingerprint density at radius 3 is 2.58 bits per heavy atom. The fourth-order valence-electron chi connectivity index (χ4n) is 5.31. The summed E-state index contributed by atoms with van der Waals surface area (Å²) in [5, 5.41) is 8.39. The fraction of sp³-hybridized carbons (Fsp3) is 0.276. The van der Waals surface area contributed by atoms with Gasteiger partial charge in [-0.2, -0.15) is 5.10 Å². The van der Waals surface area contributed by atoms with Gasteiger partial charge >= 0.3 is 0 Å². The van der Waals surface area contributed by atoms with Gasteiger partial charge in [0.2, 0.25) is 5.91 Å². The predicted molar refractivity (Wildman–Crippen MR) is 144 cm³/mol. The number of benzene rings is 3. The summed E-state index contributed by atoms with van der Waals surface area (Å²) in [7, 11) is 0. The summed E-state index contributed by atoms with van der Waals surface area (Å²) in [5.74, 6) is 0.0447. The predicted octanol–water partition coefficient (Wildman–Crippen LogP) is 5.69. The first-order chi connectivity index (χ1) is 17.5. The van der Waals surface area contributed by atoms with Gasteiger partial charge in [0.25, 0.3) is 5.91 Å². The number of aryl methyl sites for hydroxylation is 1. The standard InChI is InChI=1S/C29H27BrN4O2/c1-2-34-26-10-9-25(16-21(26)17-31-34)32-27(35)20-4-3-19-11-14-33(18-22(19)15-20)28(36)29(12-13-29)23-5-7-24(30)8-6-23/h3-10,15-17H,2,11-14,18H2,1H3,(H,32,35). The van der Waals surface area contributed by atoms with Crippen molar-refractivity contribution in [3.05, 3.63) is 93.6 Å². The van der Waals surface area contributed by atoms with Crippen molar-refractivity contribution in [1.29, 1.82) is 0 Å². The molecule has 6 rings (SSSR count). The molecule has 0 bridgehead atoms.